The Bertz CT molecular complexity index is 196. The number of hydrogen-bond acceptors (Lipinski definition) is 3. The molecule has 0 fully saturated rings. The van der Waals surface area contributed by atoms with Crippen LogP contribution in [-0.4, -0.2) is 37.7 Å². The molecule has 102 valence electrons. The fourth-order valence-corrected chi connectivity index (χ4v) is 1.55. The molecule has 4 heteroatoms. The van der Waals surface area contributed by atoms with Crippen LogP contribution < -0.4 is 10.6 Å². The summed E-state index contributed by atoms with van der Waals surface area (Å²) in [4.78, 5) is 11.4. The van der Waals surface area contributed by atoms with Crippen LogP contribution in [0.5, 0.6) is 0 Å². The van der Waals surface area contributed by atoms with Gasteiger partial charge in [0.25, 0.3) is 0 Å². The summed E-state index contributed by atoms with van der Waals surface area (Å²) >= 11 is 0. The van der Waals surface area contributed by atoms with Gasteiger partial charge in [0.05, 0.1) is 0 Å². The number of ether oxygens (including phenoxy) is 1. The van der Waals surface area contributed by atoms with E-state index in [1.165, 1.54) is 0 Å². The Hall–Kier alpha value is -0.610. The number of amides is 1. The van der Waals surface area contributed by atoms with E-state index in [1.54, 1.807) is 0 Å². The Labute approximate surface area is 105 Å². The van der Waals surface area contributed by atoms with Gasteiger partial charge in [0.15, 0.2) is 0 Å². The van der Waals surface area contributed by atoms with Crippen molar-refractivity contribution in [3.63, 3.8) is 0 Å². The van der Waals surface area contributed by atoms with Gasteiger partial charge < -0.3 is 15.4 Å². The van der Waals surface area contributed by atoms with E-state index in [0.29, 0.717) is 12.6 Å². The highest BCUT2D eigenvalue weighted by atomic mass is 16.5. The second-order valence-corrected chi connectivity index (χ2v) is 4.77. The Morgan fingerprint density at radius 1 is 1.29 bits per heavy atom. The molecule has 0 aliphatic carbocycles. The minimum Gasteiger partial charge on any atom is -0.372 e. The lowest BCUT2D eigenvalue weighted by molar-refractivity contribution is -0.126. The van der Waals surface area contributed by atoms with Gasteiger partial charge in [0.1, 0.15) is 6.61 Å². The summed E-state index contributed by atoms with van der Waals surface area (Å²) in [5, 5.41) is 6.21. The smallest absolute Gasteiger partial charge is 0.246 e. The number of nitrogens with one attached hydrogen (secondary N) is 2. The van der Waals surface area contributed by atoms with E-state index in [0.717, 1.165) is 25.8 Å². The number of rotatable bonds is 10. The Balaban J connectivity index is 3.33. The summed E-state index contributed by atoms with van der Waals surface area (Å²) in [6.45, 7) is 10.1. The van der Waals surface area contributed by atoms with Gasteiger partial charge in [-0.25, -0.2) is 0 Å². The molecule has 2 N–H and O–H groups in total. The van der Waals surface area contributed by atoms with E-state index in [2.05, 4.69) is 31.4 Å². The molecule has 0 aromatic carbocycles. The van der Waals surface area contributed by atoms with E-state index in [9.17, 15) is 4.79 Å². The van der Waals surface area contributed by atoms with Crippen LogP contribution in [0.2, 0.25) is 0 Å². The van der Waals surface area contributed by atoms with Gasteiger partial charge in [-0.3, -0.25) is 4.79 Å². The molecule has 17 heavy (non-hydrogen) atoms. The molecule has 1 amide bonds. The minimum absolute atomic E-state index is 0.0113. The Morgan fingerprint density at radius 2 is 2.00 bits per heavy atom. The molecular weight excluding hydrogens is 216 g/mol. The third kappa shape index (κ3) is 11.6. The summed E-state index contributed by atoms with van der Waals surface area (Å²) in [6.07, 6.45) is 3.04. The third-order valence-electron chi connectivity index (χ3n) is 2.38. The predicted octanol–water partition coefficient (Wildman–Crippen LogP) is 1.70. The molecule has 0 saturated heterocycles. The van der Waals surface area contributed by atoms with E-state index < -0.39 is 0 Å². The topological polar surface area (TPSA) is 50.4 Å². The van der Waals surface area contributed by atoms with Gasteiger partial charge in [0.2, 0.25) is 5.91 Å². The molecular formula is C13H28N2O2. The molecule has 0 aliphatic rings. The molecule has 1 atom stereocenters. The van der Waals surface area contributed by atoms with Crippen molar-refractivity contribution in [3.8, 4) is 0 Å². The van der Waals surface area contributed by atoms with Crippen LogP contribution in [0.15, 0.2) is 0 Å². The maximum Gasteiger partial charge on any atom is 0.246 e. The molecule has 1 unspecified atom stereocenters. The maximum absolute atomic E-state index is 11.4. The van der Waals surface area contributed by atoms with Crippen molar-refractivity contribution in [2.45, 2.75) is 59.0 Å². The van der Waals surface area contributed by atoms with E-state index in [-0.39, 0.29) is 18.6 Å². The van der Waals surface area contributed by atoms with Crippen molar-refractivity contribution in [1.29, 1.82) is 0 Å². The number of carbonyl (C=O) groups excluding carboxylic acids is 1. The largest absolute Gasteiger partial charge is 0.372 e. The first-order valence-electron chi connectivity index (χ1n) is 6.66. The fraction of sp³-hybridized carbons (Fsp3) is 0.923. The molecule has 4 nitrogen and oxygen atoms in total. The number of hydrogen-bond donors (Lipinski definition) is 2. The summed E-state index contributed by atoms with van der Waals surface area (Å²) in [5.41, 5.74) is 0. The average Bonchev–Trinajstić information content (AvgIpc) is 2.23. The van der Waals surface area contributed by atoms with E-state index >= 15 is 0 Å². The lowest BCUT2D eigenvalue weighted by Crippen LogP contribution is -2.35. The second kappa shape index (κ2) is 10.5. The van der Waals surface area contributed by atoms with Crippen molar-refractivity contribution < 1.29 is 9.53 Å². The lowest BCUT2D eigenvalue weighted by atomic mass is 10.2. The third-order valence-corrected chi connectivity index (χ3v) is 2.38. The first kappa shape index (κ1) is 16.4. The SMILES string of the molecule is CCCC(C)NC(=O)COCCCNC(C)C. The second-order valence-electron chi connectivity index (χ2n) is 4.77. The van der Waals surface area contributed by atoms with Crippen molar-refractivity contribution in [3.05, 3.63) is 0 Å². The normalized spacial score (nSPS) is 12.8. The molecule has 0 aliphatic heterocycles. The molecule has 0 aromatic rings. The zero-order chi connectivity index (χ0) is 13.1. The minimum atomic E-state index is -0.0113. The van der Waals surface area contributed by atoms with Gasteiger partial charge in [-0.05, 0) is 26.3 Å². The van der Waals surface area contributed by atoms with Crippen molar-refractivity contribution in [1.82, 2.24) is 10.6 Å². The van der Waals surface area contributed by atoms with Gasteiger partial charge in [-0.1, -0.05) is 27.2 Å². The summed E-state index contributed by atoms with van der Waals surface area (Å²) in [7, 11) is 0. The summed E-state index contributed by atoms with van der Waals surface area (Å²) in [5.74, 6) is -0.0113. The summed E-state index contributed by atoms with van der Waals surface area (Å²) in [6, 6.07) is 0.756. The van der Waals surface area contributed by atoms with Crippen molar-refractivity contribution in [2.75, 3.05) is 19.8 Å². The van der Waals surface area contributed by atoms with Gasteiger partial charge in [-0.15, -0.1) is 0 Å². The van der Waals surface area contributed by atoms with Crippen LogP contribution in [0, 0.1) is 0 Å². The van der Waals surface area contributed by atoms with Crippen LogP contribution in [-0.2, 0) is 9.53 Å². The molecule has 0 spiro atoms. The molecule has 0 bridgehead atoms. The Morgan fingerprint density at radius 3 is 2.59 bits per heavy atom. The first-order chi connectivity index (χ1) is 8.06. The zero-order valence-corrected chi connectivity index (χ0v) is 11.7. The van der Waals surface area contributed by atoms with Crippen LogP contribution >= 0.6 is 0 Å². The van der Waals surface area contributed by atoms with Gasteiger partial charge in [0, 0.05) is 18.7 Å². The van der Waals surface area contributed by atoms with Gasteiger partial charge >= 0.3 is 0 Å². The zero-order valence-electron chi connectivity index (χ0n) is 11.7. The first-order valence-corrected chi connectivity index (χ1v) is 6.66. The fourth-order valence-electron chi connectivity index (χ4n) is 1.55. The number of carbonyl (C=O) groups is 1. The quantitative estimate of drug-likeness (QED) is 0.575. The molecule has 0 heterocycles. The summed E-state index contributed by atoms with van der Waals surface area (Å²) < 4.78 is 5.30. The average molecular weight is 244 g/mol. The van der Waals surface area contributed by atoms with Crippen LogP contribution in [0.25, 0.3) is 0 Å². The molecule has 0 radical (unpaired) electrons. The maximum atomic E-state index is 11.4. The molecule has 0 aromatic heterocycles. The van der Waals surface area contributed by atoms with E-state index in [1.807, 2.05) is 6.92 Å². The van der Waals surface area contributed by atoms with Crippen molar-refractivity contribution >= 4 is 5.91 Å². The standard InChI is InChI=1S/C13H28N2O2/c1-5-7-12(4)15-13(16)10-17-9-6-8-14-11(2)3/h11-12,14H,5-10H2,1-4H3,(H,15,16). The highest BCUT2D eigenvalue weighted by molar-refractivity contribution is 5.77. The highest BCUT2D eigenvalue weighted by Gasteiger charge is 2.05. The highest BCUT2D eigenvalue weighted by Crippen LogP contribution is 1.94. The van der Waals surface area contributed by atoms with Crippen molar-refractivity contribution in [2.24, 2.45) is 0 Å². The Kier molecular flexibility index (Phi) is 10.2. The monoisotopic (exact) mass is 244 g/mol. The van der Waals surface area contributed by atoms with Crippen LogP contribution in [0.4, 0.5) is 0 Å². The van der Waals surface area contributed by atoms with Crippen LogP contribution in [0.3, 0.4) is 0 Å². The lowest BCUT2D eigenvalue weighted by Gasteiger charge is -2.13. The van der Waals surface area contributed by atoms with Crippen LogP contribution in [0.1, 0.15) is 47.0 Å². The van der Waals surface area contributed by atoms with Gasteiger partial charge in [-0.2, -0.15) is 0 Å². The molecule has 0 saturated carbocycles. The predicted molar refractivity (Wildman–Crippen MR) is 71.1 cm³/mol. The molecule has 0 rings (SSSR count). The van der Waals surface area contributed by atoms with E-state index in [4.69, 9.17) is 4.74 Å².